The summed E-state index contributed by atoms with van der Waals surface area (Å²) in [7, 11) is 0. The van der Waals surface area contributed by atoms with E-state index in [1.165, 1.54) is 30.4 Å². The zero-order chi connectivity index (χ0) is 13.8. The van der Waals surface area contributed by atoms with Gasteiger partial charge in [0.15, 0.2) is 0 Å². The molecule has 1 N–H and O–H groups in total. The molecule has 0 bridgehead atoms. The van der Waals surface area contributed by atoms with Crippen molar-refractivity contribution in [2.75, 3.05) is 6.61 Å². The predicted molar refractivity (Wildman–Crippen MR) is 81.1 cm³/mol. The molecular formula is C17H16O2S. The summed E-state index contributed by atoms with van der Waals surface area (Å²) >= 11 is 1.64. The van der Waals surface area contributed by atoms with E-state index < -0.39 is 0 Å². The Morgan fingerprint density at radius 2 is 2.10 bits per heavy atom. The van der Waals surface area contributed by atoms with Gasteiger partial charge in [-0.25, -0.2) is 0 Å². The lowest BCUT2D eigenvalue weighted by molar-refractivity contribution is 0.309. The number of aliphatic hydroxyl groups is 1. The third kappa shape index (κ3) is 3.04. The molecule has 0 spiro atoms. The second-order valence-corrected chi connectivity index (χ2v) is 5.83. The molecule has 0 unspecified atom stereocenters. The van der Waals surface area contributed by atoms with Gasteiger partial charge < -0.3 is 9.84 Å². The first-order valence-corrected chi connectivity index (χ1v) is 7.65. The van der Waals surface area contributed by atoms with Crippen LogP contribution in [0.25, 0.3) is 0 Å². The summed E-state index contributed by atoms with van der Waals surface area (Å²) < 4.78 is 5.85. The van der Waals surface area contributed by atoms with E-state index >= 15 is 0 Å². The van der Waals surface area contributed by atoms with Gasteiger partial charge >= 0.3 is 0 Å². The van der Waals surface area contributed by atoms with Gasteiger partial charge in [-0.2, -0.15) is 0 Å². The Morgan fingerprint density at radius 3 is 3.00 bits per heavy atom. The zero-order valence-corrected chi connectivity index (χ0v) is 12.0. The van der Waals surface area contributed by atoms with Gasteiger partial charge in [-0.05, 0) is 48.6 Å². The van der Waals surface area contributed by atoms with Crippen molar-refractivity contribution in [3.8, 4) is 17.6 Å². The molecule has 1 heterocycles. The van der Waals surface area contributed by atoms with Crippen LogP contribution in [0.3, 0.4) is 0 Å². The first-order chi connectivity index (χ1) is 9.85. The van der Waals surface area contributed by atoms with E-state index in [-0.39, 0.29) is 6.61 Å². The van der Waals surface area contributed by atoms with E-state index in [0.717, 1.165) is 16.2 Å². The Balaban J connectivity index is 1.63. The van der Waals surface area contributed by atoms with Crippen LogP contribution in [0.5, 0.6) is 5.75 Å². The van der Waals surface area contributed by atoms with E-state index in [0.29, 0.717) is 6.61 Å². The summed E-state index contributed by atoms with van der Waals surface area (Å²) in [5.74, 6) is 6.50. The SMILES string of the molecule is OCC#Cc1csc(COc2ccc3c(c2)CCC3)c1. The Labute approximate surface area is 123 Å². The van der Waals surface area contributed by atoms with Crippen molar-refractivity contribution in [2.24, 2.45) is 0 Å². The number of ether oxygens (including phenoxy) is 1. The largest absolute Gasteiger partial charge is 0.488 e. The van der Waals surface area contributed by atoms with Crippen LogP contribution in [0, 0.1) is 11.8 Å². The molecule has 102 valence electrons. The second-order valence-electron chi connectivity index (χ2n) is 4.83. The van der Waals surface area contributed by atoms with Crippen molar-refractivity contribution in [1.29, 1.82) is 0 Å². The number of benzene rings is 1. The van der Waals surface area contributed by atoms with Crippen LogP contribution in [0.15, 0.2) is 29.6 Å². The maximum absolute atomic E-state index is 8.67. The van der Waals surface area contributed by atoms with E-state index in [1.54, 1.807) is 11.3 Å². The molecule has 0 saturated heterocycles. The van der Waals surface area contributed by atoms with Crippen LogP contribution >= 0.6 is 11.3 Å². The minimum atomic E-state index is -0.100. The first-order valence-electron chi connectivity index (χ1n) is 6.77. The lowest BCUT2D eigenvalue weighted by atomic mass is 10.1. The van der Waals surface area contributed by atoms with Crippen LogP contribution in [-0.2, 0) is 19.4 Å². The Hall–Kier alpha value is -1.76. The highest BCUT2D eigenvalue weighted by atomic mass is 32.1. The minimum Gasteiger partial charge on any atom is -0.488 e. The highest BCUT2D eigenvalue weighted by molar-refractivity contribution is 7.10. The van der Waals surface area contributed by atoms with Gasteiger partial charge in [-0.3, -0.25) is 0 Å². The summed E-state index contributed by atoms with van der Waals surface area (Å²) in [6.07, 6.45) is 3.64. The number of hydrogen-bond acceptors (Lipinski definition) is 3. The lowest BCUT2D eigenvalue weighted by Gasteiger charge is -2.06. The smallest absolute Gasteiger partial charge is 0.122 e. The van der Waals surface area contributed by atoms with Crippen LogP contribution in [0.1, 0.15) is 28.0 Å². The Kier molecular flexibility index (Phi) is 4.05. The zero-order valence-electron chi connectivity index (χ0n) is 11.2. The molecule has 1 aliphatic carbocycles. The number of aryl methyl sites for hydroxylation is 2. The van der Waals surface area contributed by atoms with E-state index in [2.05, 4.69) is 30.0 Å². The second kappa shape index (κ2) is 6.13. The average molecular weight is 284 g/mol. The summed E-state index contributed by atoms with van der Waals surface area (Å²) in [6, 6.07) is 8.43. The van der Waals surface area contributed by atoms with Crippen LogP contribution in [0.2, 0.25) is 0 Å². The van der Waals surface area contributed by atoms with Gasteiger partial charge in [0.1, 0.15) is 19.0 Å². The molecule has 2 aromatic rings. The molecule has 2 nitrogen and oxygen atoms in total. The quantitative estimate of drug-likeness (QED) is 0.877. The van der Waals surface area contributed by atoms with Crippen molar-refractivity contribution in [1.82, 2.24) is 0 Å². The van der Waals surface area contributed by atoms with Gasteiger partial charge in [0, 0.05) is 15.8 Å². The lowest BCUT2D eigenvalue weighted by Crippen LogP contribution is -1.94. The van der Waals surface area contributed by atoms with Crippen LogP contribution in [0.4, 0.5) is 0 Å². The fraction of sp³-hybridized carbons (Fsp3) is 0.294. The van der Waals surface area contributed by atoms with Crippen LogP contribution in [-0.4, -0.2) is 11.7 Å². The van der Waals surface area contributed by atoms with Crippen molar-refractivity contribution < 1.29 is 9.84 Å². The average Bonchev–Trinajstić information content (AvgIpc) is 3.11. The van der Waals surface area contributed by atoms with Gasteiger partial charge in [-0.1, -0.05) is 17.9 Å². The topological polar surface area (TPSA) is 29.5 Å². The van der Waals surface area contributed by atoms with E-state index in [1.807, 2.05) is 11.4 Å². The van der Waals surface area contributed by atoms with Crippen molar-refractivity contribution >= 4 is 11.3 Å². The van der Waals surface area contributed by atoms with E-state index in [4.69, 9.17) is 9.84 Å². The van der Waals surface area contributed by atoms with Crippen molar-refractivity contribution in [3.05, 3.63) is 51.2 Å². The summed E-state index contributed by atoms with van der Waals surface area (Å²) in [6.45, 7) is 0.473. The molecule has 1 aromatic carbocycles. The van der Waals surface area contributed by atoms with Crippen molar-refractivity contribution in [2.45, 2.75) is 25.9 Å². The number of fused-ring (bicyclic) bond motifs is 1. The van der Waals surface area contributed by atoms with E-state index in [9.17, 15) is 0 Å². The standard InChI is InChI=1S/C17H16O2S/c18-8-2-3-13-9-17(20-12-13)11-19-16-7-6-14-4-1-5-15(14)10-16/h6-7,9-10,12,18H,1,4-5,8,11H2. The maximum atomic E-state index is 8.67. The monoisotopic (exact) mass is 284 g/mol. The molecule has 1 aliphatic rings. The molecule has 0 saturated carbocycles. The van der Waals surface area contributed by atoms with Gasteiger partial charge in [0.25, 0.3) is 0 Å². The number of thiophene rings is 1. The molecule has 3 rings (SSSR count). The number of aliphatic hydroxyl groups excluding tert-OH is 1. The molecule has 0 aliphatic heterocycles. The summed E-state index contributed by atoms with van der Waals surface area (Å²) in [5, 5.41) is 10.7. The third-order valence-electron chi connectivity index (χ3n) is 3.42. The molecule has 0 fully saturated rings. The predicted octanol–water partition coefficient (Wildman–Crippen LogP) is 3.16. The highest BCUT2D eigenvalue weighted by Gasteiger charge is 2.11. The fourth-order valence-corrected chi connectivity index (χ4v) is 3.18. The van der Waals surface area contributed by atoms with Gasteiger partial charge in [-0.15, -0.1) is 11.3 Å². The third-order valence-corrected chi connectivity index (χ3v) is 4.33. The van der Waals surface area contributed by atoms with Crippen molar-refractivity contribution in [3.63, 3.8) is 0 Å². The fourth-order valence-electron chi connectivity index (χ4n) is 2.46. The maximum Gasteiger partial charge on any atom is 0.122 e. The highest BCUT2D eigenvalue weighted by Crippen LogP contribution is 2.26. The normalized spacial score (nSPS) is 12.7. The minimum absolute atomic E-state index is 0.100. The summed E-state index contributed by atoms with van der Waals surface area (Å²) in [4.78, 5) is 1.15. The number of hydrogen-bond donors (Lipinski definition) is 1. The Bertz CT molecular complexity index is 661. The molecule has 0 atom stereocenters. The molecular weight excluding hydrogens is 268 g/mol. The summed E-state index contributed by atoms with van der Waals surface area (Å²) in [5.41, 5.74) is 3.84. The molecule has 0 radical (unpaired) electrons. The van der Waals surface area contributed by atoms with Gasteiger partial charge in [0.2, 0.25) is 0 Å². The molecule has 0 amide bonds. The number of rotatable bonds is 3. The molecule has 1 aromatic heterocycles. The first kappa shape index (κ1) is 13.2. The van der Waals surface area contributed by atoms with Gasteiger partial charge in [0.05, 0.1) is 0 Å². The van der Waals surface area contributed by atoms with Crippen LogP contribution < -0.4 is 4.74 Å². The Morgan fingerprint density at radius 1 is 1.20 bits per heavy atom. The molecule has 20 heavy (non-hydrogen) atoms. The molecule has 3 heteroatoms.